The van der Waals surface area contributed by atoms with Crippen molar-refractivity contribution in [3.63, 3.8) is 0 Å². The third-order valence-corrected chi connectivity index (χ3v) is 4.09. The topological polar surface area (TPSA) is 58.6 Å². The smallest absolute Gasteiger partial charge is 0.290 e. The number of nitrogens with one attached hydrogen (secondary N) is 1. The van der Waals surface area contributed by atoms with E-state index in [0.29, 0.717) is 11.4 Å². The zero-order chi connectivity index (χ0) is 18.9. The Bertz CT molecular complexity index is 992. The van der Waals surface area contributed by atoms with Gasteiger partial charge in [-0.2, -0.15) is 18.2 Å². The van der Waals surface area contributed by atoms with Crippen molar-refractivity contribution >= 4 is 0 Å². The van der Waals surface area contributed by atoms with Crippen molar-refractivity contribution in [2.24, 2.45) is 0 Å². The molecule has 26 heavy (non-hydrogen) atoms. The first-order valence-electron chi connectivity index (χ1n) is 8.04. The Balaban J connectivity index is 2.08. The van der Waals surface area contributed by atoms with E-state index in [4.69, 9.17) is 0 Å². The minimum Gasteiger partial charge on any atom is -0.290 e. The summed E-state index contributed by atoms with van der Waals surface area (Å²) in [6.07, 6.45) is -3.59. The maximum absolute atomic E-state index is 12.7. The van der Waals surface area contributed by atoms with Crippen LogP contribution in [-0.4, -0.2) is 15.0 Å². The monoisotopic (exact) mass is 359 g/mol. The molecule has 1 N–H and O–H groups in total. The van der Waals surface area contributed by atoms with Gasteiger partial charge in [0.2, 0.25) is 0 Å². The number of aryl methyl sites for hydroxylation is 2. The van der Waals surface area contributed by atoms with E-state index >= 15 is 0 Å². The van der Waals surface area contributed by atoms with Gasteiger partial charge in [0.15, 0.2) is 5.82 Å². The molecule has 0 aliphatic rings. The standard InChI is InChI=1S/C19H16F3N3O/c1-3-12-5-4-11(2)15(10-12)17-23-16(24-18(26)25-17)13-6-8-14(9-7-13)19(20,21)22/h4-10H,3H2,1-2H3,(H,23,24,25,26). The van der Waals surface area contributed by atoms with Gasteiger partial charge in [0.05, 0.1) is 5.56 Å². The maximum Gasteiger partial charge on any atom is 0.416 e. The van der Waals surface area contributed by atoms with Crippen LogP contribution in [0.15, 0.2) is 47.3 Å². The second-order valence-electron chi connectivity index (χ2n) is 5.90. The van der Waals surface area contributed by atoms with Crippen LogP contribution in [0, 0.1) is 6.92 Å². The van der Waals surface area contributed by atoms with Crippen LogP contribution in [0.1, 0.15) is 23.6 Å². The molecule has 0 radical (unpaired) electrons. The van der Waals surface area contributed by atoms with Crippen LogP contribution in [0.3, 0.4) is 0 Å². The molecule has 0 aliphatic heterocycles. The van der Waals surface area contributed by atoms with Crippen LogP contribution >= 0.6 is 0 Å². The van der Waals surface area contributed by atoms with E-state index in [1.165, 1.54) is 12.1 Å². The van der Waals surface area contributed by atoms with Gasteiger partial charge < -0.3 is 0 Å². The molecule has 3 aromatic rings. The first kappa shape index (κ1) is 17.8. The van der Waals surface area contributed by atoms with Crippen molar-refractivity contribution in [3.8, 4) is 22.8 Å². The summed E-state index contributed by atoms with van der Waals surface area (Å²) in [5.41, 5.74) is 1.74. The summed E-state index contributed by atoms with van der Waals surface area (Å²) >= 11 is 0. The molecule has 0 fully saturated rings. The number of rotatable bonds is 3. The molecule has 0 amide bonds. The van der Waals surface area contributed by atoms with Crippen molar-refractivity contribution in [1.82, 2.24) is 15.0 Å². The predicted octanol–water partition coefficient (Wildman–Crippen LogP) is 4.39. The number of hydrogen-bond acceptors (Lipinski definition) is 3. The van der Waals surface area contributed by atoms with Crippen LogP contribution in [-0.2, 0) is 12.6 Å². The second-order valence-corrected chi connectivity index (χ2v) is 5.90. The third-order valence-electron chi connectivity index (χ3n) is 4.09. The van der Waals surface area contributed by atoms with Crippen molar-refractivity contribution in [1.29, 1.82) is 0 Å². The lowest BCUT2D eigenvalue weighted by Gasteiger charge is -2.09. The number of nitrogens with zero attached hydrogens (tertiary/aromatic N) is 2. The molecule has 1 heterocycles. The Kier molecular flexibility index (Phi) is 4.63. The van der Waals surface area contributed by atoms with E-state index in [9.17, 15) is 18.0 Å². The van der Waals surface area contributed by atoms with Crippen LogP contribution in [0.25, 0.3) is 22.8 Å². The number of halogens is 3. The molecule has 0 atom stereocenters. The molecule has 3 rings (SSSR count). The van der Waals surface area contributed by atoms with Crippen molar-refractivity contribution in [2.45, 2.75) is 26.4 Å². The zero-order valence-corrected chi connectivity index (χ0v) is 14.2. The summed E-state index contributed by atoms with van der Waals surface area (Å²) in [6.45, 7) is 3.91. The van der Waals surface area contributed by atoms with Crippen LogP contribution in [0.4, 0.5) is 13.2 Å². The predicted molar refractivity (Wildman–Crippen MR) is 92.6 cm³/mol. The third kappa shape index (κ3) is 3.66. The van der Waals surface area contributed by atoms with Gasteiger partial charge in [0.25, 0.3) is 0 Å². The van der Waals surface area contributed by atoms with E-state index in [0.717, 1.165) is 35.2 Å². The Morgan fingerprint density at radius 2 is 1.73 bits per heavy atom. The Hall–Kier alpha value is -2.96. The van der Waals surface area contributed by atoms with Gasteiger partial charge in [0, 0.05) is 11.1 Å². The van der Waals surface area contributed by atoms with Gasteiger partial charge in [-0.15, -0.1) is 0 Å². The van der Waals surface area contributed by atoms with Gasteiger partial charge in [-0.3, -0.25) is 4.98 Å². The normalized spacial score (nSPS) is 11.6. The van der Waals surface area contributed by atoms with E-state index in [-0.39, 0.29) is 5.82 Å². The Morgan fingerprint density at radius 3 is 2.35 bits per heavy atom. The lowest BCUT2D eigenvalue weighted by Crippen LogP contribution is -2.15. The highest BCUT2D eigenvalue weighted by Crippen LogP contribution is 2.30. The summed E-state index contributed by atoms with van der Waals surface area (Å²) in [4.78, 5) is 22.7. The highest BCUT2D eigenvalue weighted by atomic mass is 19.4. The van der Waals surface area contributed by atoms with E-state index in [1.54, 1.807) is 0 Å². The van der Waals surface area contributed by atoms with E-state index in [1.807, 2.05) is 32.0 Å². The molecular formula is C19H16F3N3O. The minimum absolute atomic E-state index is 0.0822. The molecule has 7 heteroatoms. The Labute approximate surface area is 147 Å². The van der Waals surface area contributed by atoms with Gasteiger partial charge in [-0.1, -0.05) is 31.2 Å². The number of benzene rings is 2. The summed E-state index contributed by atoms with van der Waals surface area (Å²) < 4.78 is 38.1. The molecular weight excluding hydrogens is 343 g/mol. The molecule has 0 saturated carbocycles. The first-order chi connectivity index (χ1) is 12.3. The zero-order valence-electron chi connectivity index (χ0n) is 14.2. The van der Waals surface area contributed by atoms with Crippen molar-refractivity contribution < 1.29 is 13.2 Å². The van der Waals surface area contributed by atoms with Crippen LogP contribution in [0.5, 0.6) is 0 Å². The molecule has 0 aliphatic carbocycles. The average molecular weight is 359 g/mol. The minimum atomic E-state index is -4.42. The number of alkyl halides is 3. The highest BCUT2D eigenvalue weighted by molar-refractivity contribution is 5.64. The number of hydrogen-bond donors (Lipinski definition) is 1. The van der Waals surface area contributed by atoms with Crippen LogP contribution in [0.2, 0.25) is 0 Å². The number of aromatic amines is 1. The summed E-state index contributed by atoms with van der Waals surface area (Å²) in [5, 5.41) is 0. The number of aromatic nitrogens is 3. The summed E-state index contributed by atoms with van der Waals surface area (Å²) in [6, 6.07) is 10.3. The number of H-pyrrole nitrogens is 1. The summed E-state index contributed by atoms with van der Waals surface area (Å²) in [5.74, 6) is 0.423. The molecule has 0 unspecified atom stereocenters. The van der Waals surface area contributed by atoms with E-state index < -0.39 is 17.4 Å². The lowest BCUT2D eigenvalue weighted by molar-refractivity contribution is -0.137. The Morgan fingerprint density at radius 1 is 1.04 bits per heavy atom. The van der Waals surface area contributed by atoms with E-state index in [2.05, 4.69) is 15.0 Å². The molecule has 0 saturated heterocycles. The van der Waals surface area contributed by atoms with Crippen molar-refractivity contribution in [3.05, 3.63) is 69.6 Å². The van der Waals surface area contributed by atoms with Crippen molar-refractivity contribution in [2.75, 3.05) is 0 Å². The first-order valence-corrected chi connectivity index (χ1v) is 8.04. The van der Waals surface area contributed by atoms with Gasteiger partial charge in [-0.25, -0.2) is 9.78 Å². The fourth-order valence-electron chi connectivity index (χ4n) is 2.59. The second kappa shape index (κ2) is 6.74. The lowest BCUT2D eigenvalue weighted by atomic mass is 10.0. The fraction of sp³-hybridized carbons (Fsp3) is 0.211. The molecule has 0 spiro atoms. The van der Waals surface area contributed by atoms with Gasteiger partial charge in [-0.05, 0) is 42.7 Å². The highest BCUT2D eigenvalue weighted by Gasteiger charge is 2.30. The van der Waals surface area contributed by atoms with Gasteiger partial charge in [0.1, 0.15) is 5.82 Å². The SMILES string of the molecule is CCc1ccc(C)c(-c2nc(-c3ccc(C(F)(F)F)cc3)nc(=O)[nH]2)c1. The fourth-order valence-corrected chi connectivity index (χ4v) is 2.59. The molecule has 0 bridgehead atoms. The molecule has 134 valence electrons. The summed E-state index contributed by atoms with van der Waals surface area (Å²) in [7, 11) is 0. The molecule has 2 aromatic carbocycles. The van der Waals surface area contributed by atoms with Crippen LogP contribution < -0.4 is 5.69 Å². The molecule has 1 aromatic heterocycles. The molecule has 4 nitrogen and oxygen atoms in total. The van der Waals surface area contributed by atoms with Gasteiger partial charge >= 0.3 is 11.9 Å². The average Bonchev–Trinajstić information content (AvgIpc) is 2.61. The quantitative estimate of drug-likeness (QED) is 0.755. The largest absolute Gasteiger partial charge is 0.416 e. The maximum atomic E-state index is 12.7.